The second-order valence-electron chi connectivity index (χ2n) is 6.69. The molecule has 0 spiro atoms. The van der Waals surface area contributed by atoms with E-state index in [4.69, 9.17) is 16.2 Å². The lowest BCUT2D eigenvalue weighted by molar-refractivity contribution is 0.0688. The first-order chi connectivity index (χ1) is 11.5. The third-order valence-electron chi connectivity index (χ3n) is 4.41. The molecule has 1 fully saturated rings. The summed E-state index contributed by atoms with van der Waals surface area (Å²) in [6.07, 6.45) is 2.36. The van der Waals surface area contributed by atoms with Crippen molar-refractivity contribution in [2.45, 2.75) is 48.1 Å². The molecule has 24 heavy (non-hydrogen) atoms. The van der Waals surface area contributed by atoms with Gasteiger partial charge in [0, 0.05) is 10.9 Å². The lowest BCUT2D eigenvalue weighted by atomic mass is 9.97. The maximum Gasteiger partial charge on any atom is 0.134 e. The third kappa shape index (κ3) is 3.79. The predicted octanol–water partition coefficient (Wildman–Crippen LogP) is 3.91. The zero-order valence-electron chi connectivity index (χ0n) is 14.2. The molecule has 2 aromatic rings. The van der Waals surface area contributed by atoms with Crippen LogP contribution >= 0.6 is 11.8 Å². The van der Waals surface area contributed by atoms with Gasteiger partial charge in [-0.3, -0.25) is 0 Å². The molecular weight excluding hydrogens is 318 g/mol. The molecular formula is C19H25N3OS. The van der Waals surface area contributed by atoms with E-state index in [1.165, 1.54) is 6.42 Å². The van der Waals surface area contributed by atoms with Crippen molar-refractivity contribution in [3.05, 3.63) is 42.5 Å². The average molecular weight is 343 g/mol. The van der Waals surface area contributed by atoms with Crippen LogP contribution in [0.1, 0.15) is 26.7 Å². The Morgan fingerprint density at radius 2 is 1.92 bits per heavy atom. The SMILES string of the molecule is CC(C)(Oc1ccccc1Sc1ccc(N)c(N)c1)C1CCCN1. The van der Waals surface area contributed by atoms with E-state index in [0.717, 1.165) is 28.5 Å². The summed E-state index contributed by atoms with van der Waals surface area (Å²) >= 11 is 1.64. The van der Waals surface area contributed by atoms with Crippen LogP contribution in [0, 0.1) is 0 Å². The molecule has 5 heteroatoms. The summed E-state index contributed by atoms with van der Waals surface area (Å²) in [5.41, 5.74) is 12.7. The maximum atomic E-state index is 6.40. The minimum atomic E-state index is -0.257. The van der Waals surface area contributed by atoms with E-state index in [1.807, 2.05) is 36.4 Å². The molecule has 0 radical (unpaired) electrons. The molecule has 1 saturated heterocycles. The molecule has 0 aliphatic carbocycles. The summed E-state index contributed by atoms with van der Waals surface area (Å²) in [4.78, 5) is 2.13. The van der Waals surface area contributed by atoms with Gasteiger partial charge in [0.15, 0.2) is 0 Å². The number of nitrogens with two attached hydrogens (primary N) is 2. The Bertz CT molecular complexity index is 712. The Morgan fingerprint density at radius 1 is 1.12 bits per heavy atom. The quantitative estimate of drug-likeness (QED) is 0.718. The van der Waals surface area contributed by atoms with Gasteiger partial charge in [-0.25, -0.2) is 0 Å². The van der Waals surface area contributed by atoms with Gasteiger partial charge in [-0.2, -0.15) is 0 Å². The van der Waals surface area contributed by atoms with Gasteiger partial charge >= 0.3 is 0 Å². The van der Waals surface area contributed by atoms with Crippen LogP contribution in [-0.4, -0.2) is 18.2 Å². The van der Waals surface area contributed by atoms with Crippen molar-refractivity contribution >= 4 is 23.1 Å². The van der Waals surface area contributed by atoms with Gasteiger partial charge in [0.2, 0.25) is 0 Å². The van der Waals surface area contributed by atoms with Crippen LogP contribution in [0.25, 0.3) is 0 Å². The fourth-order valence-electron chi connectivity index (χ4n) is 2.99. The maximum absolute atomic E-state index is 6.40. The van der Waals surface area contributed by atoms with E-state index in [-0.39, 0.29) is 5.60 Å². The van der Waals surface area contributed by atoms with Crippen molar-refractivity contribution in [2.75, 3.05) is 18.0 Å². The van der Waals surface area contributed by atoms with Crippen LogP contribution in [0.4, 0.5) is 11.4 Å². The number of hydrogen-bond acceptors (Lipinski definition) is 5. The Morgan fingerprint density at radius 3 is 2.62 bits per heavy atom. The molecule has 2 aromatic carbocycles. The van der Waals surface area contributed by atoms with Crippen molar-refractivity contribution in [2.24, 2.45) is 0 Å². The number of benzene rings is 2. The van der Waals surface area contributed by atoms with Gasteiger partial charge in [0.1, 0.15) is 11.4 Å². The smallest absolute Gasteiger partial charge is 0.134 e. The number of nitrogens with one attached hydrogen (secondary N) is 1. The monoisotopic (exact) mass is 343 g/mol. The topological polar surface area (TPSA) is 73.3 Å². The van der Waals surface area contributed by atoms with E-state index >= 15 is 0 Å². The number of para-hydroxylation sites is 1. The Hall–Kier alpha value is -1.85. The highest BCUT2D eigenvalue weighted by Crippen LogP contribution is 2.38. The molecule has 1 aliphatic rings. The predicted molar refractivity (Wildman–Crippen MR) is 102 cm³/mol. The molecule has 128 valence electrons. The Labute approximate surface area is 148 Å². The van der Waals surface area contributed by atoms with Crippen LogP contribution in [0.2, 0.25) is 0 Å². The number of ether oxygens (including phenoxy) is 1. The van der Waals surface area contributed by atoms with Crippen molar-refractivity contribution < 1.29 is 4.74 Å². The molecule has 4 nitrogen and oxygen atoms in total. The van der Waals surface area contributed by atoms with Gasteiger partial charge < -0.3 is 21.5 Å². The highest BCUT2D eigenvalue weighted by atomic mass is 32.2. The van der Waals surface area contributed by atoms with Crippen LogP contribution < -0.4 is 21.5 Å². The molecule has 1 atom stereocenters. The first-order valence-electron chi connectivity index (χ1n) is 8.30. The highest BCUT2D eigenvalue weighted by molar-refractivity contribution is 7.99. The van der Waals surface area contributed by atoms with E-state index in [2.05, 4.69) is 25.2 Å². The first kappa shape index (κ1) is 17.0. The molecule has 1 heterocycles. The Kier molecular flexibility index (Phi) is 4.92. The van der Waals surface area contributed by atoms with Gasteiger partial charge in [-0.05, 0) is 63.6 Å². The van der Waals surface area contributed by atoms with Gasteiger partial charge in [-0.15, -0.1) is 0 Å². The third-order valence-corrected chi connectivity index (χ3v) is 5.45. The average Bonchev–Trinajstić information content (AvgIpc) is 3.08. The molecule has 3 rings (SSSR count). The fourth-order valence-corrected chi connectivity index (χ4v) is 3.93. The van der Waals surface area contributed by atoms with Crippen LogP contribution in [0.3, 0.4) is 0 Å². The minimum Gasteiger partial charge on any atom is -0.485 e. The largest absolute Gasteiger partial charge is 0.485 e. The van der Waals surface area contributed by atoms with E-state index < -0.39 is 0 Å². The lowest BCUT2D eigenvalue weighted by Gasteiger charge is -2.33. The summed E-state index contributed by atoms with van der Waals surface area (Å²) in [6.45, 7) is 5.37. The first-order valence-corrected chi connectivity index (χ1v) is 9.11. The zero-order chi connectivity index (χ0) is 17.2. The highest BCUT2D eigenvalue weighted by Gasteiger charge is 2.34. The molecule has 0 saturated carbocycles. The molecule has 0 amide bonds. The van der Waals surface area contributed by atoms with E-state index in [0.29, 0.717) is 17.4 Å². The van der Waals surface area contributed by atoms with Crippen LogP contribution in [0.15, 0.2) is 52.3 Å². The van der Waals surface area contributed by atoms with Gasteiger partial charge in [-0.1, -0.05) is 23.9 Å². The summed E-state index contributed by atoms with van der Waals surface area (Å²) in [5, 5.41) is 3.54. The number of anilines is 2. The van der Waals surface area contributed by atoms with Gasteiger partial charge in [0.05, 0.1) is 16.3 Å². The van der Waals surface area contributed by atoms with E-state index in [9.17, 15) is 0 Å². The van der Waals surface area contributed by atoms with E-state index in [1.54, 1.807) is 11.8 Å². The second kappa shape index (κ2) is 6.95. The van der Waals surface area contributed by atoms with Crippen LogP contribution in [-0.2, 0) is 0 Å². The van der Waals surface area contributed by atoms with Crippen molar-refractivity contribution in [1.82, 2.24) is 5.32 Å². The summed E-state index contributed by atoms with van der Waals surface area (Å²) in [7, 11) is 0. The van der Waals surface area contributed by atoms with Gasteiger partial charge in [0.25, 0.3) is 0 Å². The second-order valence-corrected chi connectivity index (χ2v) is 7.81. The standard InChI is InChI=1S/C19H25N3OS/c1-19(2,18-8-5-11-22-18)23-16-6-3-4-7-17(16)24-13-9-10-14(20)15(21)12-13/h3-4,6-7,9-10,12,18,22H,5,8,11,20-21H2,1-2H3. The molecule has 5 N–H and O–H groups in total. The lowest BCUT2D eigenvalue weighted by Crippen LogP contribution is -2.47. The normalized spacial score (nSPS) is 17.8. The van der Waals surface area contributed by atoms with Crippen LogP contribution in [0.5, 0.6) is 5.75 Å². The minimum absolute atomic E-state index is 0.257. The summed E-state index contributed by atoms with van der Waals surface area (Å²) in [5.74, 6) is 0.900. The Balaban J connectivity index is 1.81. The summed E-state index contributed by atoms with van der Waals surface area (Å²) < 4.78 is 6.40. The zero-order valence-corrected chi connectivity index (χ0v) is 15.0. The summed E-state index contributed by atoms with van der Waals surface area (Å²) in [6, 6.07) is 14.2. The molecule has 0 bridgehead atoms. The fraction of sp³-hybridized carbons (Fsp3) is 0.368. The molecule has 1 unspecified atom stereocenters. The molecule has 1 aliphatic heterocycles. The molecule has 0 aromatic heterocycles. The number of rotatable bonds is 5. The van der Waals surface area contributed by atoms with Crippen molar-refractivity contribution in [3.63, 3.8) is 0 Å². The number of hydrogen-bond donors (Lipinski definition) is 3. The number of nitrogen functional groups attached to an aromatic ring is 2. The van der Waals surface area contributed by atoms with Crippen molar-refractivity contribution in [1.29, 1.82) is 0 Å². The van der Waals surface area contributed by atoms with Crippen molar-refractivity contribution in [3.8, 4) is 5.75 Å².